The van der Waals surface area contributed by atoms with Crippen molar-refractivity contribution in [3.05, 3.63) is 12.2 Å². The van der Waals surface area contributed by atoms with E-state index in [0.717, 1.165) is 6.04 Å². The summed E-state index contributed by atoms with van der Waals surface area (Å²) in [5.74, 6) is 0. The van der Waals surface area contributed by atoms with E-state index >= 15 is 0 Å². The summed E-state index contributed by atoms with van der Waals surface area (Å²) in [6, 6.07) is 1.80. The van der Waals surface area contributed by atoms with Crippen molar-refractivity contribution >= 4 is 0 Å². The van der Waals surface area contributed by atoms with Gasteiger partial charge in [-0.05, 0) is 53.9 Å². The second-order valence-corrected chi connectivity index (χ2v) is 5.89. The first-order valence-corrected chi connectivity index (χ1v) is 6.59. The Balaban J connectivity index is 2.27. The number of nitrogens with one attached hydrogen (secondary N) is 2. The lowest BCUT2D eigenvalue weighted by molar-refractivity contribution is 0.310. The number of hydrogen-bond donors (Lipinski definition) is 2. The predicted octanol–water partition coefficient (Wildman–Crippen LogP) is 2.85. The summed E-state index contributed by atoms with van der Waals surface area (Å²) in [5.41, 5.74) is 0.253. The van der Waals surface area contributed by atoms with Crippen LogP contribution in [0.5, 0.6) is 0 Å². The molecule has 0 amide bonds. The molecule has 0 heterocycles. The topological polar surface area (TPSA) is 24.1 Å². The van der Waals surface area contributed by atoms with Gasteiger partial charge in [-0.3, -0.25) is 0 Å². The molecule has 16 heavy (non-hydrogen) atoms. The van der Waals surface area contributed by atoms with Gasteiger partial charge in [0, 0.05) is 23.7 Å². The fourth-order valence-corrected chi connectivity index (χ4v) is 2.46. The fraction of sp³-hybridized carbons (Fsp3) is 0.857. The second-order valence-electron chi connectivity index (χ2n) is 5.89. The van der Waals surface area contributed by atoms with Gasteiger partial charge in [0.2, 0.25) is 0 Å². The van der Waals surface area contributed by atoms with Crippen molar-refractivity contribution in [3.63, 3.8) is 0 Å². The molecule has 1 rings (SSSR count). The smallest absolute Gasteiger partial charge is 0.0224 e. The number of allylic oxidation sites excluding steroid dienone is 1. The molecular formula is C14H28N2. The maximum Gasteiger partial charge on any atom is 0.0224 e. The molecular weight excluding hydrogens is 196 g/mol. The molecule has 2 N–H and O–H groups in total. The molecule has 1 fully saturated rings. The zero-order valence-electron chi connectivity index (χ0n) is 11.5. The van der Waals surface area contributed by atoms with E-state index in [1.807, 2.05) is 0 Å². The van der Waals surface area contributed by atoms with Crippen LogP contribution in [0.2, 0.25) is 0 Å². The molecule has 0 bridgehead atoms. The Kier molecular flexibility index (Phi) is 5.00. The molecule has 0 aromatic rings. The lowest BCUT2D eigenvalue weighted by Gasteiger charge is -2.31. The average Bonchev–Trinajstić information content (AvgIpc) is 2.85. The minimum atomic E-state index is 0.253. The third-order valence-corrected chi connectivity index (χ3v) is 3.02. The summed E-state index contributed by atoms with van der Waals surface area (Å²) in [6.07, 6.45) is 8.21. The Labute approximate surface area is 101 Å². The fourth-order valence-electron chi connectivity index (χ4n) is 2.46. The van der Waals surface area contributed by atoms with Crippen molar-refractivity contribution in [2.45, 2.75) is 77.5 Å². The summed E-state index contributed by atoms with van der Waals surface area (Å²) in [4.78, 5) is 0. The van der Waals surface area contributed by atoms with Gasteiger partial charge >= 0.3 is 0 Å². The zero-order valence-corrected chi connectivity index (χ0v) is 11.5. The Morgan fingerprint density at radius 2 is 1.94 bits per heavy atom. The first-order valence-electron chi connectivity index (χ1n) is 6.59. The first kappa shape index (κ1) is 13.7. The molecule has 0 radical (unpaired) electrons. The summed E-state index contributed by atoms with van der Waals surface area (Å²) >= 11 is 0. The maximum absolute atomic E-state index is 3.71. The normalized spacial score (nSPS) is 21.3. The third-order valence-electron chi connectivity index (χ3n) is 3.02. The van der Waals surface area contributed by atoms with E-state index in [1.54, 1.807) is 0 Å². The summed E-state index contributed by atoms with van der Waals surface area (Å²) in [5, 5.41) is 7.31. The van der Waals surface area contributed by atoms with Crippen LogP contribution in [0.1, 0.15) is 53.9 Å². The standard InChI is InChI=1S/C14H28N2/c1-6-7-11(2)15-12(3)10-14(4,5)16-13-8-9-13/h6-7,11-13,15-16H,8-10H2,1-5H3. The van der Waals surface area contributed by atoms with Crippen LogP contribution in [0.25, 0.3) is 0 Å². The van der Waals surface area contributed by atoms with Crippen LogP contribution in [0, 0.1) is 0 Å². The van der Waals surface area contributed by atoms with Gasteiger partial charge < -0.3 is 10.6 Å². The lowest BCUT2D eigenvalue weighted by atomic mass is 9.95. The highest BCUT2D eigenvalue weighted by atomic mass is 15.0. The van der Waals surface area contributed by atoms with E-state index in [2.05, 4.69) is 57.4 Å². The van der Waals surface area contributed by atoms with E-state index in [4.69, 9.17) is 0 Å². The molecule has 0 spiro atoms. The average molecular weight is 224 g/mol. The molecule has 2 heteroatoms. The van der Waals surface area contributed by atoms with Crippen LogP contribution in [0.4, 0.5) is 0 Å². The lowest BCUT2D eigenvalue weighted by Crippen LogP contribution is -2.47. The molecule has 2 unspecified atom stereocenters. The highest BCUT2D eigenvalue weighted by Gasteiger charge is 2.29. The van der Waals surface area contributed by atoms with E-state index in [0.29, 0.717) is 12.1 Å². The molecule has 2 nitrogen and oxygen atoms in total. The SMILES string of the molecule is CC=CC(C)NC(C)CC(C)(C)NC1CC1. The van der Waals surface area contributed by atoms with Gasteiger partial charge in [0.05, 0.1) is 0 Å². The number of hydrogen-bond acceptors (Lipinski definition) is 2. The quantitative estimate of drug-likeness (QED) is 0.650. The van der Waals surface area contributed by atoms with Crippen LogP contribution in [-0.4, -0.2) is 23.7 Å². The second kappa shape index (κ2) is 5.83. The Morgan fingerprint density at radius 3 is 2.44 bits per heavy atom. The highest BCUT2D eigenvalue weighted by molar-refractivity contribution is 4.94. The van der Waals surface area contributed by atoms with Gasteiger partial charge in [-0.15, -0.1) is 0 Å². The predicted molar refractivity (Wildman–Crippen MR) is 71.7 cm³/mol. The van der Waals surface area contributed by atoms with E-state index in [-0.39, 0.29) is 5.54 Å². The highest BCUT2D eigenvalue weighted by Crippen LogP contribution is 2.24. The van der Waals surface area contributed by atoms with Crippen molar-refractivity contribution in [2.24, 2.45) is 0 Å². The Bertz CT molecular complexity index is 229. The van der Waals surface area contributed by atoms with E-state index < -0.39 is 0 Å². The van der Waals surface area contributed by atoms with E-state index in [9.17, 15) is 0 Å². The zero-order chi connectivity index (χ0) is 12.2. The minimum absolute atomic E-state index is 0.253. The third kappa shape index (κ3) is 5.66. The van der Waals surface area contributed by atoms with Crippen LogP contribution in [-0.2, 0) is 0 Å². The van der Waals surface area contributed by atoms with Crippen molar-refractivity contribution in [3.8, 4) is 0 Å². The molecule has 0 aliphatic heterocycles. The summed E-state index contributed by atoms with van der Waals surface area (Å²) in [6.45, 7) is 11.2. The van der Waals surface area contributed by atoms with Crippen LogP contribution < -0.4 is 10.6 Å². The van der Waals surface area contributed by atoms with Crippen molar-refractivity contribution in [1.82, 2.24) is 10.6 Å². The van der Waals surface area contributed by atoms with Gasteiger partial charge in [0.15, 0.2) is 0 Å². The minimum Gasteiger partial charge on any atom is -0.309 e. The molecule has 1 saturated carbocycles. The first-order chi connectivity index (χ1) is 7.43. The van der Waals surface area contributed by atoms with Gasteiger partial charge in [-0.2, -0.15) is 0 Å². The maximum atomic E-state index is 3.71. The van der Waals surface area contributed by atoms with Gasteiger partial charge in [0.1, 0.15) is 0 Å². The van der Waals surface area contributed by atoms with Gasteiger partial charge in [0.25, 0.3) is 0 Å². The van der Waals surface area contributed by atoms with E-state index in [1.165, 1.54) is 19.3 Å². The van der Waals surface area contributed by atoms with Gasteiger partial charge in [-0.1, -0.05) is 12.2 Å². The summed E-state index contributed by atoms with van der Waals surface area (Å²) in [7, 11) is 0. The molecule has 1 aliphatic rings. The van der Waals surface area contributed by atoms with Crippen LogP contribution in [0.3, 0.4) is 0 Å². The van der Waals surface area contributed by atoms with Crippen molar-refractivity contribution in [1.29, 1.82) is 0 Å². The molecule has 1 aliphatic carbocycles. The van der Waals surface area contributed by atoms with Crippen molar-refractivity contribution in [2.75, 3.05) is 0 Å². The van der Waals surface area contributed by atoms with Gasteiger partial charge in [-0.25, -0.2) is 0 Å². The van der Waals surface area contributed by atoms with Crippen LogP contribution >= 0.6 is 0 Å². The molecule has 2 atom stereocenters. The van der Waals surface area contributed by atoms with Crippen LogP contribution in [0.15, 0.2) is 12.2 Å². The molecule has 0 saturated heterocycles. The Hall–Kier alpha value is -0.340. The van der Waals surface area contributed by atoms with Crippen molar-refractivity contribution < 1.29 is 0 Å². The molecule has 94 valence electrons. The number of rotatable bonds is 7. The molecule has 0 aromatic heterocycles. The largest absolute Gasteiger partial charge is 0.309 e. The molecule has 0 aromatic carbocycles. The summed E-state index contributed by atoms with van der Waals surface area (Å²) < 4.78 is 0. The Morgan fingerprint density at radius 1 is 1.31 bits per heavy atom. The monoisotopic (exact) mass is 224 g/mol.